The molecule has 5 aromatic rings. The van der Waals surface area contributed by atoms with Gasteiger partial charge in [0.25, 0.3) is 10.1 Å². The number of carbonyl (C=O) groups excluding carboxylic acids is 2. The quantitative estimate of drug-likeness (QED) is 0.0924. The molecule has 242 valence electrons. The van der Waals surface area contributed by atoms with Crippen LogP contribution in [0.3, 0.4) is 0 Å². The summed E-state index contributed by atoms with van der Waals surface area (Å²) >= 11 is 0. The van der Waals surface area contributed by atoms with Crippen LogP contribution in [0.25, 0.3) is 28.2 Å². The second kappa shape index (κ2) is 14.3. The van der Waals surface area contributed by atoms with Gasteiger partial charge >= 0.3 is 0 Å². The molecule has 0 bridgehead atoms. The maximum atomic E-state index is 13.9. The molecule has 1 heterocycles. The normalized spacial score (nSPS) is 12.8. The molecule has 0 fully saturated rings. The van der Waals surface area contributed by atoms with Gasteiger partial charge in [0, 0.05) is 34.3 Å². The summed E-state index contributed by atoms with van der Waals surface area (Å²) in [5, 5.41) is 4.24. The minimum Gasteiger partial charge on any atom is -0.355 e. The first-order valence-electron chi connectivity index (χ1n) is 15.7. The van der Waals surface area contributed by atoms with Gasteiger partial charge in [-0.05, 0) is 64.8 Å². The molecule has 3 N–H and O–H groups in total. The van der Waals surface area contributed by atoms with Crippen LogP contribution in [0.4, 0.5) is 5.69 Å². The average Bonchev–Trinajstić information content (AvgIpc) is 3.47. The number of H-pyrrole nitrogens is 1. The lowest BCUT2D eigenvalue weighted by molar-refractivity contribution is -0.117. The molecule has 8 heteroatoms. The van der Waals surface area contributed by atoms with E-state index in [1.165, 1.54) is 0 Å². The van der Waals surface area contributed by atoms with E-state index in [4.69, 9.17) is 4.55 Å². The Bertz CT molecular complexity index is 1950. The number of hydrogen-bond donors (Lipinski definition) is 3. The fourth-order valence-corrected chi connectivity index (χ4v) is 5.87. The summed E-state index contributed by atoms with van der Waals surface area (Å²) in [5.74, 6) is -1.30. The lowest BCUT2D eigenvalue weighted by Gasteiger charge is -2.18. The number of carbonyl (C=O) groups is 2. The van der Waals surface area contributed by atoms with Crippen LogP contribution in [0.15, 0.2) is 109 Å². The Morgan fingerprint density at radius 2 is 1.57 bits per heavy atom. The van der Waals surface area contributed by atoms with Crippen LogP contribution in [-0.2, 0) is 21.3 Å². The van der Waals surface area contributed by atoms with Crippen molar-refractivity contribution in [2.24, 2.45) is 5.41 Å². The fourth-order valence-electron chi connectivity index (χ4n) is 5.36. The van der Waals surface area contributed by atoms with Crippen LogP contribution in [-0.4, -0.2) is 35.4 Å². The van der Waals surface area contributed by atoms with Crippen molar-refractivity contribution in [1.29, 1.82) is 0 Å². The van der Waals surface area contributed by atoms with E-state index in [1.807, 2.05) is 78.9 Å². The van der Waals surface area contributed by atoms with Crippen LogP contribution in [0.5, 0.6) is 0 Å². The van der Waals surface area contributed by atoms with Gasteiger partial charge in [0.1, 0.15) is 0 Å². The molecule has 0 aliphatic heterocycles. The summed E-state index contributed by atoms with van der Waals surface area (Å²) in [6.07, 6.45) is 4.70. The number of para-hydroxylation sites is 1. The smallest absolute Gasteiger partial charge is 0.264 e. The predicted octanol–water partition coefficient (Wildman–Crippen LogP) is 8.71. The number of aromatic nitrogens is 1. The summed E-state index contributed by atoms with van der Waals surface area (Å²) in [4.78, 5) is 29.8. The Labute approximate surface area is 276 Å². The minimum atomic E-state index is -4.11. The number of ketones is 1. The van der Waals surface area contributed by atoms with E-state index >= 15 is 0 Å². The first-order chi connectivity index (χ1) is 22.3. The number of nitrogens with one attached hydrogen (secondary N) is 2. The van der Waals surface area contributed by atoms with Gasteiger partial charge in [0.05, 0.1) is 11.7 Å². The third-order valence-electron chi connectivity index (χ3n) is 7.95. The number of fused-ring (bicyclic) bond motifs is 1. The Morgan fingerprint density at radius 3 is 2.21 bits per heavy atom. The molecule has 0 aliphatic carbocycles. The van der Waals surface area contributed by atoms with Crippen molar-refractivity contribution in [2.75, 3.05) is 11.1 Å². The van der Waals surface area contributed by atoms with Crippen LogP contribution in [0.1, 0.15) is 66.6 Å². The topological polar surface area (TPSA) is 116 Å². The van der Waals surface area contributed by atoms with Gasteiger partial charge in [0.15, 0.2) is 5.78 Å². The van der Waals surface area contributed by atoms with Crippen LogP contribution < -0.4 is 5.32 Å². The van der Waals surface area contributed by atoms with Crippen molar-refractivity contribution in [3.8, 4) is 11.3 Å². The zero-order valence-electron chi connectivity index (χ0n) is 26.9. The van der Waals surface area contributed by atoms with Gasteiger partial charge in [-0.25, -0.2) is 0 Å². The van der Waals surface area contributed by atoms with E-state index in [0.29, 0.717) is 17.7 Å². The van der Waals surface area contributed by atoms with Crippen molar-refractivity contribution >= 4 is 44.5 Å². The highest BCUT2D eigenvalue weighted by Crippen LogP contribution is 2.28. The molecule has 0 aliphatic rings. The number of aromatic amines is 1. The number of benzene rings is 4. The molecule has 0 radical (unpaired) electrons. The number of anilines is 1. The molecule has 1 unspecified atom stereocenters. The van der Waals surface area contributed by atoms with E-state index in [2.05, 4.69) is 55.4 Å². The van der Waals surface area contributed by atoms with E-state index in [-0.39, 0.29) is 29.9 Å². The summed E-state index contributed by atoms with van der Waals surface area (Å²) in [6, 6.07) is 33.0. The van der Waals surface area contributed by atoms with Gasteiger partial charge in [-0.2, -0.15) is 8.42 Å². The van der Waals surface area contributed by atoms with E-state index in [0.717, 1.165) is 38.9 Å². The first-order valence-corrected chi connectivity index (χ1v) is 17.3. The van der Waals surface area contributed by atoms with Crippen LogP contribution in [0, 0.1) is 5.41 Å². The molecule has 4 aromatic carbocycles. The third-order valence-corrected chi connectivity index (χ3v) is 8.75. The highest BCUT2D eigenvalue weighted by Gasteiger charge is 2.22. The molecule has 47 heavy (non-hydrogen) atoms. The van der Waals surface area contributed by atoms with Gasteiger partial charge in [-0.1, -0.05) is 112 Å². The second-order valence-corrected chi connectivity index (χ2v) is 14.5. The van der Waals surface area contributed by atoms with Gasteiger partial charge < -0.3 is 10.3 Å². The van der Waals surface area contributed by atoms with Crippen molar-refractivity contribution in [2.45, 2.75) is 46.0 Å². The molecule has 0 saturated heterocycles. The Balaban J connectivity index is 1.33. The van der Waals surface area contributed by atoms with Crippen molar-refractivity contribution in [3.63, 3.8) is 0 Å². The number of rotatable bonds is 12. The molecule has 1 aromatic heterocycles. The van der Waals surface area contributed by atoms with E-state index in [9.17, 15) is 18.0 Å². The molecule has 0 saturated carbocycles. The first kappa shape index (κ1) is 33.6. The molecular formula is C39H40N2O5S. The Morgan fingerprint density at radius 1 is 0.894 bits per heavy atom. The van der Waals surface area contributed by atoms with E-state index < -0.39 is 21.8 Å². The molecule has 1 amide bonds. The number of amides is 1. The summed E-state index contributed by atoms with van der Waals surface area (Å²) < 4.78 is 30.9. The van der Waals surface area contributed by atoms with Gasteiger partial charge in [-0.3, -0.25) is 14.1 Å². The van der Waals surface area contributed by atoms with Crippen LogP contribution in [0.2, 0.25) is 0 Å². The SMILES string of the molecule is CC(C)(C)/C=C/c1ccc(C(Cc2ccc(C(=O)CCCS(=O)(=O)O)cc2)C(=O)Nc2ccc(-c3cc4ccccc4[nH]3)cc2)cc1. The monoisotopic (exact) mass is 648 g/mol. The van der Waals surface area contributed by atoms with Crippen molar-refractivity contribution in [1.82, 2.24) is 4.98 Å². The lowest BCUT2D eigenvalue weighted by atomic mass is 9.89. The molecule has 7 nitrogen and oxygen atoms in total. The summed E-state index contributed by atoms with van der Waals surface area (Å²) in [7, 11) is -4.11. The second-order valence-electron chi connectivity index (χ2n) is 13.0. The predicted molar refractivity (Wildman–Crippen MR) is 190 cm³/mol. The molecule has 1 atom stereocenters. The highest BCUT2D eigenvalue weighted by atomic mass is 32.2. The molecular weight excluding hydrogens is 609 g/mol. The number of allylic oxidation sites excluding steroid dienone is 1. The fraction of sp³-hybridized carbons (Fsp3) is 0.231. The van der Waals surface area contributed by atoms with Gasteiger partial charge in [0.2, 0.25) is 5.91 Å². The Hall–Kier alpha value is -4.79. The molecule has 0 spiro atoms. The van der Waals surface area contributed by atoms with E-state index in [1.54, 1.807) is 12.1 Å². The third kappa shape index (κ3) is 9.61. The Kier molecular flexibility index (Phi) is 10.2. The lowest BCUT2D eigenvalue weighted by Crippen LogP contribution is -2.23. The highest BCUT2D eigenvalue weighted by molar-refractivity contribution is 7.85. The standard InChI is InChI=1S/C39H40N2O5S/c1-39(2,3)23-22-27-10-14-29(15-11-27)34(25-28-12-16-31(17-13-28)37(42)9-6-24-47(44,45)46)38(43)40-33-20-18-30(19-21-33)36-26-32-7-4-5-8-35(32)41-36/h4-5,7-8,10-23,26,34,41H,6,9,24-25H2,1-3H3,(H,40,43)(H,44,45,46)/b23-22+. The summed E-state index contributed by atoms with van der Waals surface area (Å²) in [5.41, 5.74) is 7.08. The zero-order valence-corrected chi connectivity index (χ0v) is 27.7. The largest absolute Gasteiger partial charge is 0.355 e. The van der Waals surface area contributed by atoms with Crippen LogP contribution >= 0.6 is 0 Å². The summed E-state index contributed by atoms with van der Waals surface area (Å²) in [6.45, 7) is 6.43. The molecule has 5 rings (SSSR count). The van der Waals surface area contributed by atoms with Crippen molar-refractivity contribution < 1.29 is 22.6 Å². The zero-order chi connectivity index (χ0) is 33.6. The number of Topliss-reactive ketones (excluding diaryl/α,β-unsaturated/α-hetero) is 1. The van der Waals surface area contributed by atoms with Crippen molar-refractivity contribution in [3.05, 3.63) is 131 Å². The maximum absolute atomic E-state index is 13.9. The van der Waals surface area contributed by atoms with Gasteiger partial charge in [-0.15, -0.1) is 0 Å². The number of hydrogen-bond acceptors (Lipinski definition) is 4. The minimum absolute atomic E-state index is 0.0131. The average molecular weight is 649 g/mol. The maximum Gasteiger partial charge on any atom is 0.264 e.